The molecule has 1 N–H and O–H groups in total. The number of thioether (sulfide) groups is 2. The third kappa shape index (κ3) is 8.50. The van der Waals surface area contributed by atoms with E-state index in [4.69, 9.17) is 0 Å². The van der Waals surface area contributed by atoms with Gasteiger partial charge in [0, 0.05) is 28.5 Å². The molecule has 1 saturated heterocycles. The van der Waals surface area contributed by atoms with Crippen molar-refractivity contribution in [1.29, 1.82) is 0 Å². The summed E-state index contributed by atoms with van der Waals surface area (Å²) in [4.78, 5) is 16.3. The minimum absolute atomic E-state index is 0.143. The molecule has 0 bridgehead atoms. The number of nitrogens with one attached hydrogen (secondary N) is 1. The second-order valence-electron chi connectivity index (χ2n) is 11.9. The van der Waals surface area contributed by atoms with E-state index in [1.165, 1.54) is 67.6 Å². The number of hydrogen-bond donors (Lipinski definition) is 1. The Morgan fingerprint density at radius 1 is 0.909 bits per heavy atom. The van der Waals surface area contributed by atoms with Crippen LogP contribution in [0.3, 0.4) is 0 Å². The Hall–Kier alpha value is -0.650. The van der Waals surface area contributed by atoms with Gasteiger partial charge in [-0.2, -0.15) is 0 Å². The molecule has 0 spiro atoms. The number of carbonyl (C=O) groups excluding carboxylic acids is 1. The molecular weight excluding hydrogens is 444 g/mol. The molecule has 1 heterocycles. The van der Waals surface area contributed by atoms with Gasteiger partial charge < -0.3 is 10.2 Å². The fourth-order valence-electron chi connectivity index (χ4n) is 4.69. The average Bonchev–Trinajstić information content (AvgIpc) is 3.25. The van der Waals surface area contributed by atoms with Crippen LogP contribution in [0, 0.1) is 0 Å². The van der Waals surface area contributed by atoms with Gasteiger partial charge in [0.2, 0.25) is 5.91 Å². The Morgan fingerprint density at radius 2 is 1.48 bits per heavy atom. The molecule has 1 saturated carbocycles. The van der Waals surface area contributed by atoms with Crippen molar-refractivity contribution in [3.8, 4) is 0 Å². The SMILES string of the molecule is CC(C)(C)c1cc(S[C@@H]2CCCC[C@H]2SCC(=O)NCCN2CCCC2)cc(C(C)(C)C)c1. The standard InChI is InChI=1S/C28H46N2OS2/c1-27(2,3)21-17-22(28(4,5)6)19-23(18-21)33-25-12-8-7-11-24(25)32-20-26(31)29-13-16-30-14-9-10-15-30/h17-19,24-25H,7-16,20H2,1-6H3,(H,29,31)/t24-,25-/m1/s1. The molecule has 1 amide bonds. The Morgan fingerprint density at radius 3 is 2.06 bits per heavy atom. The van der Waals surface area contributed by atoms with Gasteiger partial charge in [-0.05, 0) is 72.9 Å². The van der Waals surface area contributed by atoms with E-state index in [9.17, 15) is 4.79 Å². The monoisotopic (exact) mass is 490 g/mol. The first-order valence-electron chi connectivity index (χ1n) is 13.0. The van der Waals surface area contributed by atoms with Crippen molar-refractivity contribution in [2.75, 3.05) is 31.9 Å². The molecule has 0 unspecified atom stereocenters. The minimum atomic E-state index is 0.143. The highest BCUT2D eigenvalue weighted by molar-refractivity contribution is 8.04. The Balaban J connectivity index is 1.59. The molecule has 0 radical (unpaired) electrons. The maximum Gasteiger partial charge on any atom is 0.230 e. The third-order valence-electron chi connectivity index (χ3n) is 6.95. The molecule has 0 aromatic heterocycles. The van der Waals surface area contributed by atoms with Crippen molar-refractivity contribution in [3.63, 3.8) is 0 Å². The molecule has 3 rings (SSSR count). The van der Waals surface area contributed by atoms with E-state index in [2.05, 4.69) is 81.7 Å². The topological polar surface area (TPSA) is 32.3 Å². The summed E-state index contributed by atoms with van der Waals surface area (Å²) >= 11 is 3.95. The van der Waals surface area contributed by atoms with E-state index in [1.807, 2.05) is 11.8 Å². The zero-order valence-corrected chi connectivity index (χ0v) is 23.5. The number of carbonyl (C=O) groups is 1. The number of amides is 1. The van der Waals surface area contributed by atoms with E-state index >= 15 is 0 Å². The first kappa shape index (κ1) is 26.9. The molecule has 186 valence electrons. The van der Waals surface area contributed by atoms with Crippen molar-refractivity contribution in [3.05, 3.63) is 29.3 Å². The van der Waals surface area contributed by atoms with Crippen LogP contribution in [0.1, 0.15) is 91.2 Å². The summed E-state index contributed by atoms with van der Waals surface area (Å²) < 4.78 is 0. The summed E-state index contributed by atoms with van der Waals surface area (Å²) in [6.07, 6.45) is 7.70. The smallest absolute Gasteiger partial charge is 0.230 e. The zero-order chi connectivity index (χ0) is 24.1. The van der Waals surface area contributed by atoms with E-state index < -0.39 is 0 Å². The number of hydrogen-bond acceptors (Lipinski definition) is 4. The molecule has 2 atom stereocenters. The second-order valence-corrected chi connectivity index (χ2v) is 14.5. The normalized spacial score (nSPS) is 22.5. The van der Waals surface area contributed by atoms with Crippen LogP contribution in [-0.4, -0.2) is 53.2 Å². The van der Waals surface area contributed by atoms with Crippen LogP contribution < -0.4 is 5.32 Å². The number of benzene rings is 1. The average molecular weight is 491 g/mol. The van der Waals surface area contributed by atoms with Crippen LogP contribution in [0.15, 0.2) is 23.1 Å². The van der Waals surface area contributed by atoms with E-state index in [0.717, 1.165) is 13.1 Å². The quantitative estimate of drug-likeness (QED) is 0.443. The van der Waals surface area contributed by atoms with Crippen LogP contribution in [0.5, 0.6) is 0 Å². The zero-order valence-electron chi connectivity index (χ0n) is 21.8. The van der Waals surface area contributed by atoms with Gasteiger partial charge in [-0.3, -0.25) is 4.79 Å². The summed E-state index contributed by atoms with van der Waals surface area (Å²) in [5, 5.41) is 4.30. The lowest BCUT2D eigenvalue weighted by Crippen LogP contribution is -2.35. The minimum Gasteiger partial charge on any atom is -0.354 e. The first-order chi connectivity index (χ1) is 15.5. The van der Waals surface area contributed by atoms with E-state index in [0.29, 0.717) is 16.3 Å². The Kier molecular flexibility index (Phi) is 9.68. The predicted molar refractivity (Wildman–Crippen MR) is 147 cm³/mol. The van der Waals surface area contributed by atoms with Crippen LogP contribution in [0.4, 0.5) is 0 Å². The van der Waals surface area contributed by atoms with Gasteiger partial charge in [0.15, 0.2) is 0 Å². The summed E-state index contributed by atoms with van der Waals surface area (Å²) in [7, 11) is 0. The highest BCUT2D eigenvalue weighted by atomic mass is 32.2. The van der Waals surface area contributed by atoms with E-state index in [-0.39, 0.29) is 16.7 Å². The first-order valence-corrected chi connectivity index (χ1v) is 14.9. The summed E-state index contributed by atoms with van der Waals surface area (Å²) in [6.45, 7) is 18.0. The molecule has 33 heavy (non-hydrogen) atoms. The molecule has 3 nitrogen and oxygen atoms in total. The molecule has 1 aliphatic heterocycles. The highest BCUT2D eigenvalue weighted by Gasteiger charge is 2.28. The molecular formula is C28H46N2OS2. The third-order valence-corrected chi connectivity index (χ3v) is 9.91. The lowest BCUT2D eigenvalue weighted by molar-refractivity contribution is -0.118. The lowest BCUT2D eigenvalue weighted by atomic mass is 9.81. The van der Waals surface area contributed by atoms with Gasteiger partial charge in [-0.25, -0.2) is 0 Å². The molecule has 1 aromatic rings. The maximum atomic E-state index is 12.5. The van der Waals surface area contributed by atoms with Gasteiger partial charge in [-0.1, -0.05) is 60.5 Å². The highest BCUT2D eigenvalue weighted by Crippen LogP contribution is 2.42. The maximum absolute atomic E-state index is 12.5. The number of nitrogens with zero attached hydrogens (tertiary/aromatic N) is 1. The van der Waals surface area contributed by atoms with Crippen molar-refractivity contribution in [2.45, 2.75) is 106 Å². The van der Waals surface area contributed by atoms with Gasteiger partial charge in [0.25, 0.3) is 0 Å². The fraction of sp³-hybridized carbons (Fsp3) is 0.750. The molecule has 2 fully saturated rings. The van der Waals surface area contributed by atoms with Gasteiger partial charge >= 0.3 is 0 Å². The van der Waals surface area contributed by atoms with Crippen molar-refractivity contribution in [1.82, 2.24) is 10.2 Å². The van der Waals surface area contributed by atoms with Crippen molar-refractivity contribution < 1.29 is 4.79 Å². The van der Waals surface area contributed by atoms with Crippen molar-refractivity contribution in [2.24, 2.45) is 0 Å². The summed E-state index contributed by atoms with van der Waals surface area (Å²) in [5.74, 6) is 0.801. The van der Waals surface area contributed by atoms with Crippen LogP contribution >= 0.6 is 23.5 Å². The van der Waals surface area contributed by atoms with Crippen molar-refractivity contribution >= 4 is 29.4 Å². The van der Waals surface area contributed by atoms with Crippen LogP contribution in [0.25, 0.3) is 0 Å². The number of rotatable bonds is 8. The van der Waals surface area contributed by atoms with E-state index in [1.54, 1.807) is 0 Å². The molecule has 2 aliphatic rings. The van der Waals surface area contributed by atoms with Crippen LogP contribution in [0.2, 0.25) is 0 Å². The second kappa shape index (κ2) is 11.9. The fourth-order valence-corrected chi connectivity index (χ4v) is 7.56. The Bertz CT molecular complexity index is 743. The lowest BCUT2D eigenvalue weighted by Gasteiger charge is -2.32. The number of likely N-dealkylation sites (tertiary alicyclic amines) is 1. The molecule has 5 heteroatoms. The van der Waals surface area contributed by atoms with Gasteiger partial charge in [-0.15, -0.1) is 23.5 Å². The van der Waals surface area contributed by atoms with Gasteiger partial charge in [0.05, 0.1) is 5.75 Å². The molecule has 1 aliphatic carbocycles. The molecule has 1 aromatic carbocycles. The summed E-state index contributed by atoms with van der Waals surface area (Å²) in [5.41, 5.74) is 3.14. The predicted octanol–water partition coefficient (Wildman–Crippen LogP) is 6.63. The largest absolute Gasteiger partial charge is 0.354 e. The summed E-state index contributed by atoms with van der Waals surface area (Å²) in [6, 6.07) is 7.24. The van der Waals surface area contributed by atoms with Gasteiger partial charge in [0.1, 0.15) is 0 Å². The Labute approximate surface area is 211 Å². The van der Waals surface area contributed by atoms with Crippen LogP contribution in [-0.2, 0) is 15.6 Å².